The zero-order valence-electron chi connectivity index (χ0n) is 12.4. The van der Waals surface area contributed by atoms with Gasteiger partial charge < -0.3 is 15.2 Å². The van der Waals surface area contributed by atoms with Crippen LogP contribution in [0.15, 0.2) is 12.4 Å². The molecule has 1 atom stereocenters. The average molecular weight is 291 g/mol. The molecule has 2 aliphatic heterocycles. The fourth-order valence-corrected chi connectivity index (χ4v) is 3.24. The number of imidazole rings is 1. The van der Waals surface area contributed by atoms with Crippen molar-refractivity contribution >= 4 is 11.9 Å². The molecule has 2 N–H and O–H groups in total. The molecule has 3 heterocycles. The number of hydrogen-bond acceptors (Lipinski definition) is 4. The van der Waals surface area contributed by atoms with Crippen LogP contribution in [0.3, 0.4) is 0 Å². The van der Waals surface area contributed by atoms with E-state index in [2.05, 4.69) is 15.6 Å². The molecule has 0 unspecified atom stereocenters. The van der Waals surface area contributed by atoms with Gasteiger partial charge in [-0.1, -0.05) is 0 Å². The molecule has 1 aromatic heterocycles. The van der Waals surface area contributed by atoms with E-state index in [4.69, 9.17) is 0 Å². The SMILES string of the molecule is Cc1nccn1[C@@H](C)CN1C(=O)NC2(CCNCC2)C1=O. The normalized spacial score (nSPS) is 22.7. The van der Waals surface area contributed by atoms with E-state index >= 15 is 0 Å². The van der Waals surface area contributed by atoms with Crippen LogP contribution in [0, 0.1) is 6.92 Å². The van der Waals surface area contributed by atoms with E-state index in [0.29, 0.717) is 19.4 Å². The Balaban J connectivity index is 1.75. The second-order valence-electron chi connectivity index (χ2n) is 5.91. The Morgan fingerprint density at radius 1 is 1.38 bits per heavy atom. The van der Waals surface area contributed by atoms with Crippen LogP contribution in [0.5, 0.6) is 0 Å². The Labute approximate surface area is 123 Å². The van der Waals surface area contributed by atoms with E-state index in [1.807, 2.05) is 24.6 Å². The second-order valence-corrected chi connectivity index (χ2v) is 5.91. The second kappa shape index (κ2) is 5.14. The molecule has 0 radical (unpaired) electrons. The summed E-state index contributed by atoms with van der Waals surface area (Å²) in [5.74, 6) is 0.796. The molecular formula is C14H21N5O2. The van der Waals surface area contributed by atoms with Gasteiger partial charge in [0.15, 0.2) is 0 Å². The number of amides is 3. The van der Waals surface area contributed by atoms with Crippen molar-refractivity contribution in [2.45, 2.75) is 38.3 Å². The number of carbonyl (C=O) groups is 2. The number of imide groups is 1. The summed E-state index contributed by atoms with van der Waals surface area (Å²) >= 11 is 0. The lowest BCUT2D eigenvalue weighted by Gasteiger charge is -2.31. The molecule has 2 saturated heterocycles. The quantitative estimate of drug-likeness (QED) is 0.791. The maximum absolute atomic E-state index is 12.7. The lowest BCUT2D eigenvalue weighted by atomic mass is 9.88. The molecule has 1 spiro atoms. The van der Waals surface area contributed by atoms with Gasteiger partial charge in [0.25, 0.3) is 5.91 Å². The van der Waals surface area contributed by atoms with Gasteiger partial charge in [0.1, 0.15) is 11.4 Å². The summed E-state index contributed by atoms with van der Waals surface area (Å²) in [5.41, 5.74) is -0.688. The fraction of sp³-hybridized carbons (Fsp3) is 0.643. The van der Waals surface area contributed by atoms with Gasteiger partial charge in [-0.15, -0.1) is 0 Å². The molecular weight excluding hydrogens is 270 g/mol. The maximum Gasteiger partial charge on any atom is 0.325 e. The van der Waals surface area contributed by atoms with Gasteiger partial charge in [0.2, 0.25) is 0 Å². The molecule has 2 fully saturated rings. The van der Waals surface area contributed by atoms with Crippen LogP contribution in [0.2, 0.25) is 0 Å². The van der Waals surface area contributed by atoms with Crippen molar-refractivity contribution in [2.24, 2.45) is 0 Å². The van der Waals surface area contributed by atoms with Crippen molar-refractivity contribution in [3.8, 4) is 0 Å². The van der Waals surface area contributed by atoms with E-state index in [9.17, 15) is 9.59 Å². The van der Waals surface area contributed by atoms with Gasteiger partial charge in [-0.3, -0.25) is 9.69 Å². The Kier molecular flexibility index (Phi) is 3.44. The predicted molar refractivity (Wildman–Crippen MR) is 76.8 cm³/mol. The minimum absolute atomic E-state index is 0.0130. The number of carbonyl (C=O) groups excluding carboxylic acids is 2. The van der Waals surface area contributed by atoms with Gasteiger partial charge in [-0.2, -0.15) is 0 Å². The molecule has 21 heavy (non-hydrogen) atoms. The van der Waals surface area contributed by atoms with E-state index in [1.54, 1.807) is 6.20 Å². The summed E-state index contributed by atoms with van der Waals surface area (Å²) in [6.07, 6.45) is 4.92. The maximum atomic E-state index is 12.7. The molecule has 1 aromatic rings. The molecule has 0 saturated carbocycles. The lowest BCUT2D eigenvalue weighted by Crippen LogP contribution is -2.54. The van der Waals surface area contributed by atoms with Crippen LogP contribution >= 0.6 is 0 Å². The number of urea groups is 1. The summed E-state index contributed by atoms with van der Waals surface area (Å²) in [7, 11) is 0. The Bertz CT molecular complexity index is 561. The molecule has 7 nitrogen and oxygen atoms in total. The van der Waals surface area contributed by atoms with E-state index in [0.717, 1.165) is 18.9 Å². The number of nitrogens with zero attached hydrogens (tertiary/aromatic N) is 3. The van der Waals surface area contributed by atoms with Crippen LogP contribution in [0.1, 0.15) is 31.6 Å². The molecule has 114 valence electrons. The minimum Gasteiger partial charge on any atom is -0.331 e. The number of aromatic nitrogens is 2. The highest BCUT2D eigenvalue weighted by Gasteiger charge is 2.51. The standard InChI is InChI=1S/C14H21N5O2/c1-10(18-8-7-16-11(18)2)9-19-12(20)14(17-13(19)21)3-5-15-6-4-14/h7-8,10,15H,3-6,9H2,1-2H3,(H,17,21)/t10-/m0/s1. The average Bonchev–Trinajstić information content (AvgIpc) is 2.98. The van der Waals surface area contributed by atoms with E-state index < -0.39 is 5.54 Å². The van der Waals surface area contributed by atoms with Crippen molar-refractivity contribution in [1.29, 1.82) is 0 Å². The fourth-order valence-electron chi connectivity index (χ4n) is 3.24. The van der Waals surface area contributed by atoms with Crippen molar-refractivity contribution in [3.63, 3.8) is 0 Å². The number of nitrogens with one attached hydrogen (secondary N) is 2. The minimum atomic E-state index is -0.688. The Morgan fingerprint density at radius 2 is 2.10 bits per heavy atom. The largest absolute Gasteiger partial charge is 0.331 e. The highest BCUT2D eigenvalue weighted by atomic mass is 16.2. The monoisotopic (exact) mass is 291 g/mol. The van der Waals surface area contributed by atoms with Crippen molar-refractivity contribution < 1.29 is 9.59 Å². The third-order valence-corrected chi connectivity index (χ3v) is 4.49. The Morgan fingerprint density at radius 3 is 2.71 bits per heavy atom. The Hall–Kier alpha value is -1.89. The third-order valence-electron chi connectivity index (χ3n) is 4.49. The van der Waals surface area contributed by atoms with Crippen molar-refractivity contribution in [3.05, 3.63) is 18.2 Å². The van der Waals surface area contributed by atoms with Gasteiger partial charge >= 0.3 is 6.03 Å². The summed E-state index contributed by atoms with van der Waals surface area (Å²) < 4.78 is 1.98. The number of hydrogen-bond donors (Lipinski definition) is 2. The van der Waals surface area contributed by atoms with Gasteiger partial charge in [-0.25, -0.2) is 9.78 Å². The molecule has 0 bridgehead atoms. The topological polar surface area (TPSA) is 79.3 Å². The molecule has 0 aromatic carbocycles. The first-order valence-corrected chi connectivity index (χ1v) is 7.38. The molecule has 7 heteroatoms. The van der Waals surface area contributed by atoms with E-state index in [1.165, 1.54) is 4.90 Å². The zero-order chi connectivity index (χ0) is 15.0. The summed E-state index contributed by atoms with van der Waals surface area (Å²) in [5, 5.41) is 6.13. The van der Waals surface area contributed by atoms with Gasteiger partial charge in [0.05, 0.1) is 12.6 Å². The van der Waals surface area contributed by atoms with Crippen LogP contribution in [0.25, 0.3) is 0 Å². The smallest absolute Gasteiger partial charge is 0.325 e. The van der Waals surface area contributed by atoms with Gasteiger partial charge in [0, 0.05) is 12.4 Å². The summed E-state index contributed by atoms with van der Waals surface area (Å²) in [6.45, 7) is 5.79. The highest BCUT2D eigenvalue weighted by Crippen LogP contribution is 2.28. The third kappa shape index (κ3) is 2.31. The van der Waals surface area contributed by atoms with Crippen LogP contribution in [-0.4, -0.2) is 51.6 Å². The molecule has 3 amide bonds. The number of piperidine rings is 1. The predicted octanol–water partition coefficient (Wildman–Crippen LogP) is 0.427. The molecule has 3 rings (SSSR count). The number of rotatable bonds is 3. The lowest BCUT2D eigenvalue weighted by molar-refractivity contribution is -0.132. The van der Waals surface area contributed by atoms with Gasteiger partial charge in [-0.05, 0) is 39.8 Å². The first-order chi connectivity index (χ1) is 10.0. The van der Waals surface area contributed by atoms with Crippen molar-refractivity contribution in [1.82, 2.24) is 25.1 Å². The summed E-state index contributed by atoms with van der Waals surface area (Å²) in [4.78, 5) is 30.4. The highest BCUT2D eigenvalue weighted by molar-refractivity contribution is 6.07. The summed E-state index contributed by atoms with van der Waals surface area (Å²) in [6, 6.07) is -0.259. The molecule has 2 aliphatic rings. The number of aryl methyl sites for hydroxylation is 1. The van der Waals surface area contributed by atoms with Crippen LogP contribution < -0.4 is 10.6 Å². The first-order valence-electron chi connectivity index (χ1n) is 7.38. The zero-order valence-corrected chi connectivity index (χ0v) is 12.4. The van der Waals surface area contributed by atoms with Crippen molar-refractivity contribution in [2.75, 3.05) is 19.6 Å². The first kappa shape index (κ1) is 14.1. The van der Waals surface area contributed by atoms with E-state index in [-0.39, 0.29) is 18.0 Å². The molecule has 0 aliphatic carbocycles. The van der Waals surface area contributed by atoms with Crippen LogP contribution in [-0.2, 0) is 4.79 Å². The van der Waals surface area contributed by atoms with Crippen LogP contribution in [0.4, 0.5) is 4.79 Å².